The Kier molecular flexibility index (Phi) is 15.2. The van der Waals surface area contributed by atoms with Crippen molar-refractivity contribution in [1.82, 2.24) is 0 Å². The van der Waals surface area contributed by atoms with Gasteiger partial charge in [0.05, 0.1) is 0 Å². The van der Waals surface area contributed by atoms with Gasteiger partial charge in [0.15, 0.2) is 0 Å². The Morgan fingerprint density at radius 2 is 0.507 bits per heavy atom. The largest absolute Gasteiger partial charge is 0.311 e. The van der Waals surface area contributed by atoms with E-state index in [1.165, 1.54) is 190 Å². The molecule has 0 heterocycles. The van der Waals surface area contributed by atoms with E-state index < -0.39 is 0 Å². The molecular weight excluding hydrogens is 869 g/mol. The van der Waals surface area contributed by atoms with Gasteiger partial charge in [-0.3, -0.25) is 0 Å². The lowest BCUT2D eigenvalue weighted by molar-refractivity contribution is 0.487. The van der Waals surface area contributed by atoms with E-state index in [-0.39, 0.29) is 15.8 Å². The highest BCUT2D eigenvalue weighted by molar-refractivity contribution is 7.67. The number of benzene rings is 7. The summed E-state index contributed by atoms with van der Waals surface area (Å²) in [5.74, 6) is 0. The van der Waals surface area contributed by atoms with E-state index in [0.29, 0.717) is 0 Å². The molecule has 4 fully saturated rings. The standard InChI is InChI=1S/C66H73NP2/c1-6-20-50(21-7-1)51-34-36-52(37-35-51)53-38-44-56(45-39-53)67(57-46-40-54(41-47-57)63-30-16-18-32-65(63)68(59-22-8-2-9-23-59)60-24-10-3-11-25-60)58-48-42-55(43-49-58)64-31-17-19-33-66(64)69(61-26-12-4-13-27-61)62-28-14-5-15-29-62/h1,6-7,16-21,30-49,59-62H,2-5,8-15,22-29H2. The smallest absolute Gasteiger partial charge is 0.0462 e. The first-order valence-corrected chi connectivity index (χ1v) is 30.2. The summed E-state index contributed by atoms with van der Waals surface area (Å²) in [5, 5.41) is 3.35. The molecule has 0 radical (unpaired) electrons. The van der Waals surface area contributed by atoms with E-state index in [2.05, 4.69) is 181 Å². The lowest BCUT2D eigenvalue weighted by Gasteiger charge is -2.39. The molecule has 4 aliphatic carbocycles. The van der Waals surface area contributed by atoms with Crippen LogP contribution in [0.5, 0.6) is 0 Å². The van der Waals surface area contributed by atoms with Crippen molar-refractivity contribution in [2.75, 3.05) is 4.90 Å². The van der Waals surface area contributed by atoms with Gasteiger partial charge in [-0.15, -0.1) is 0 Å². The highest BCUT2D eigenvalue weighted by atomic mass is 31.1. The lowest BCUT2D eigenvalue weighted by atomic mass is 9.99. The fourth-order valence-corrected chi connectivity index (χ4v) is 21.0. The van der Waals surface area contributed by atoms with Gasteiger partial charge in [-0.2, -0.15) is 0 Å². The monoisotopic (exact) mass is 942 g/mol. The Hall–Kier alpha value is -4.80. The van der Waals surface area contributed by atoms with Gasteiger partial charge in [0.1, 0.15) is 0 Å². The zero-order valence-corrected chi connectivity index (χ0v) is 42.8. The molecule has 0 spiro atoms. The van der Waals surface area contributed by atoms with Crippen molar-refractivity contribution in [3.05, 3.63) is 176 Å². The van der Waals surface area contributed by atoms with Crippen molar-refractivity contribution >= 4 is 43.5 Å². The van der Waals surface area contributed by atoms with E-state index >= 15 is 0 Å². The number of hydrogen-bond acceptors (Lipinski definition) is 1. The summed E-state index contributed by atoms with van der Waals surface area (Å²) in [6, 6.07) is 67.6. The third-order valence-electron chi connectivity index (χ3n) is 16.6. The van der Waals surface area contributed by atoms with Crippen LogP contribution < -0.4 is 15.5 Å². The van der Waals surface area contributed by atoms with Crippen molar-refractivity contribution in [3.63, 3.8) is 0 Å². The lowest BCUT2D eigenvalue weighted by Crippen LogP contribution is -2.27. The van der Waals surface area contributed by atoms with Crippen molar-refractivity contribution in [1.29, 1.82) is 0 Å². The second-order valence-electron chi connectivity index (χ2n) is 20.9. The molecule has 4 saturated carbocycles. The minimum atomic E-state index is -0.212. The van der Waals surface area contributed by atoms with Crippen LogP contribution in [0, 0.1) is 0 Å². The van der Waals surface area contributed by atoms with Crippen LogP contribution in [0.4, 0.5) is 17.1 Å². The summed E-state index contributed by atoms with van der Waals surface area (Å²) < 4.78 is 0. The molecule has 3 heteroatoms. The van der Waals surface area contributed by atoms with Crippen molar-refractivity contribution in [2.45, 2.75) is 151 Å². The predicted molar refractivity (Wildman–Crippen MR) is 303 cm³/mol. The normalized spacial score (nSPS) is 17.9. The topological polar surface area (TPSA) is 3.24 Å². The summed E-state index contributed by atoms with van der Waals surface area (Å²) >= 11 is 0. The first kappa shape index (κ1) is 46.6. The SMILES string of the molecule is c1ccc(-c2ccc(-c3ccc(N(c4ccc(-c5ccccc5P(C5CCCCC5)C5CCCCC5)cc4)c4ccc(-c5ccccc5P(C5CCCCC5)C5CCCCC5)cc4)cc3)cc2)cc1. The number of nitrogens with zero attached hydrogens (tertiary/aromatic N) is 1. The van der Waals surface area contributed by atoms with Crippen LogP contribution in [0.1, 0.15) is 128 Å². The third kappa shape index (κ3) is 10.6. The molecule has 0 aromatic heterocycles. The van der Waals surface area contributed by atoms with Crippen molar-refractivity contribution < 1.29 is 0 Å². The average Bonchev–Trinajstić information content (AvgIpc) is 3.44. The molecular formula is C66H73NP2. The maximum absolute atomic E-state index is 2.54. The van der Waals surface area contributed by atoms with E-state index in [4.69, 9.17) is 0 Å². The van der Waals surface area contributed by atoms with Gasteiger partial charge < -0.3 is 4.90 Å². The number of hydrogen-bond donors (Lipinski definition) is 0. The molecule has 11 rings (SSSR count). The van der Waals surface area contributed by atoms with Gasteiger partial charge in [-0.1, -0.05) is 232 Å². The molecule has 0 saturated heterocycles. The van der Waals surface area contributed by atoms with Crippen LogP contribution in [0.15, 0.2) is 176 Å². The molecule has 0 N–H and O–H groups in total. The average molecular weight is 942 g/mol. The Balaban J connectivity index is 0.940. The zero-order chi connectivity index (χ0) is 46.2. The Morgan fingerprint density at radius 3 is 0.841 bits per heavy atom. The number of rotatable bonds is 13. The quantitative estimate of drug-likeness (QED) is 0.104. The van der Waals surface area contributed by atoms with Crippen LogP contribution in [-0.4, -0.2) is 22.6 Å². The fourth-order valence-electron chi connectivity index (χ4n) is 13.0. The molecule has 7 aromatic rings. The zero-order valence-electron chi connectivity index (χ0n) is 41.0. The van der Waals surface area contributed by atoms with Gasteiger partial charge in [-0.05, 0) is 166 Å². The summed E-state index contributed by atoms with van der Waals surface area (Å²) in [6.45, 7) is 0. The van der Waals surface area contributed by atoms with Crippen LogP contribution in [0.2, 0.25) is 0 Å². The highest BCUT2D eigenvalue weighted by Crippen LogP contribution is 2.58. The minimum Gasteiger partial charge on any atom is -0.311 e. The molecule has 352 valence electrons. The first-order chi connectivity index (χ1) is 34.2. The van der Waals surface area contributed by atoms with E-state index in [0.717, 1.165) is 22.6 Å². The third-order valence-corrected chi connectivity index (χ3v) is 23.7. The Labute approximate surface area is 417 Å². The second-order valence-corrected chi connectivity index (χ2v) is 26.4. The van der Waals surface area contributed by atoms with E-state index in [1.807, 2.05) is 0 Å². The first-order valence-electron chi connectivity index (χ1n) is 27.3. The molecule has 0 bridgehead atoms. The highest BCUT2D eigenvalue weighted by Gasteiger charge is 2.35. The van der Waals surface area contributed by atoms with Gasteiger partial charge in [0.2, 0.25) is 0 Å². The molecule has 69 heavy (non-hydrogen) atoms. The van der Waals surface area contributed by atoms with Gasteiger partial charge in [-0.25, -0.2) is 0 Å². The summed E-state index contributed by atoms with van der Waals surface area (Å²) in [5.41, 5.74) is 17.7. The fraction of sp³-hybridized carbons (Fsp3) is 0.364. The molecule has 1 nitrogen and oxygen atoms in total. The van der Waals surface area contributed by atoms with Crippen molar-refractivity contribution in [3.8, 4) is 44.5 Å². The molecule has 0 atom stereocenters. The molecule has 0 aliphatic heterocycles. The van der Waals surface area contributed by atoms with Crippen LogP contribution in [0.3, 0.4) is 0 Å². The maximum atomic E-state index is 2.54. The van der Waals surface area contributed by atoms with Gasteiger partial charge in [0, 0.05) is 17.1 Å². The summed E-state index contributed by atoms with van der Waals surface area (Å²) in [4.78, 5) is 2.49. The van der Waals surface area contributed by atoms with Crippen molar-refractivity contribution in [2.24, 2.45) is 0 Å². The van der Waals surface area contributed by atoms with E-state index in [9.17, 15) is 0 Å². The second kappa shape index (κ2) is 22.5. The maximum Gasteiger partial charge on any atom is 0.0462 e. The van der Waals surface area contributed by atoms with Gasteiger partial charge in [0.25, 0.3) is 0 Å². The predicted octanol–water partition coefficient (Wildman–Crippen LogP) is 19.4. The van der Waals surface area contributed by atoms with Crippen LogP contribution in [-0.2, 0) is 0 Å². The molecule has 7 aromatic carbocycles. The summed E-state index contributed by atoms with van der Waals surface area (Å²) in [7, 11) is -0.424. The molecule has 4 aliphatic rings. The molecule has 0 amide bonds. The van der Waals surface area contributed by atoms with E-state index in [1.54, 1.807) is 10.6 Å². The van der Waals surface area contributed by atoms with Crippen LogP contribution in [0.25, 0.3) is 44.5 Å². The van der Waals surface area contributed by atoms with Gasteiger partial charge >= 0.3 is 0 Å². The summed E-state index contributed by atoms with van der Waals surface area (Å²) in [6.07, 6.45) is 28.4. The Morgan fingerprint density at radius 1 is 0.246 bits per heavy atom. The Bertz CT molecular complexity index is 2520. The number of anilines is 3. The molecule has 0 unspecified atom stereocenters. The van der Waals surface area contributed by atoms with Crippen LogP contribution >= 0.6 is 15.8 Å². The minimum absolute atomic E-state index is 0.212.